The van der Waals surface area contributed by atoms with Crippen molar-refractivity contribution in [3.8, 4) is 0 Å². The van der Waals surface area contributed by atoms with Gasteiger partial charge in [-0.25, -0.2) is 0 Å². The molecule has 0 radical (unpaired) electrons. The number of rotatable bonds is 2. The highest BCUT2D eigenvalue weighted by Crippen LogP contribution is 2.28. The van der Waals surface area contributed by atoms with Crippen molar-refractivity contribution in [3.05, 3.63) is 12.3 Å². The summed E-state index contributed by atoms with van der Waals surface area (Å²) in [5.74, 6) is 1.90. The molecule has 1 fully saturated rings. The van der Waals surface area contributed by atoms with Gasteiger partial charge < -0.3 is 5.32 Å². The first-order valence-corrected chi connectivity index (χ1v) is 4.50. The van der Waals surface area contributed by atoms with Crippen LogP contribution in [-0.4, -0.2) is 15.8 Å². The molecule has 1 aliphatic carbocycles. The lowest BCUT2D eigenvalue weighted by Crippen LogP contribution is -2.33. The SMILES string of the molecule is CC1CC(Nc2ccn(C)n2)C1. The molecule has 1 aromatic rings. The quantitative estimate of drug-likeness (QED) is 0.721. The summed E-state index contributed by atoms with van der Waals surface area (Å²) in [7, 11) is 1.94. The molecule has 2 rings (SSSR count). The molecule has 0 unspecified atom stereocenters. The van der Waals surface area contributed by atoms with Crippen molar-refractivity contribution < 1.29 is 0 Å². The van der Waals surface area contributed by atoms with E-state index in [-0.39, 0.29) is 0 Å². The average molecular weight is 165 g/mol. The first-order chi connectivity index (χ1) is 5.74. The van der Waals surface area contributed by atoms with Crippen molar-refractivity contribution >= 4 is 5.82 Å². The van der Waals surface area contributed by atoms with E-state index >= 15 is 0 Å². The van der Waals surface area contributed by atoms with Crippen molar-refractivity contribution in [3.63, 3.8) is 0 Å². The van der Waals surface area contributed by atoms with E-state index in [1.165, 1.54) is 12.8 Å². The first-order valence-electron chi connectivity index (χ1n) is 4.50. The van der Waals surface area contributed by atoms with Gasteiger partial charge in [0.1, 0.15) is 5.82 Å². The van der Waals surface area contributed by atoms with Crippen LogP contribution in [-0.2, 0) is 7.05 Å². The fraction of sp³-hybridized carbons (Fsp3) is 0.667. The Morgan fingerprint density at radius 3 is 2.83 bits per heavy atom. The smallest absolute Gasteiger partial charge is 0.148 e. The van der Waals surface area contributed by atoms with Crippen molar-refractivity contribution in [1.29, 1.82) is 0 Å². The summed E-state index contributed by atoms with van der Waals surface area (Å²) in [5, 5.41) is 7.66. The molecule has 1 aliphatic rings. The largest absolute Gasteiger partial charge is 0.366 e. The summed E-state index contributed by atoms with van der Waals surface area (Å²) in [5.41, 5.74) is 0. The highest BCUT2D eigenvalue weighted by molar-refractivity contribution is 5.34. The van der Waals surface area contributed by atoms with E-state index < -0.39 is 0 Å². The third-order valence-corrected chi connectivity index (χ3v) is 2.44. The maximum Gasteiger partial charge on any atom is 0.148 e. The number of hydrogen-bond donors (Lipinski definition) is 1. The summed E-state index contributed by atoms with van der Waals surface area (Å²) in [6.07, 6.45) is 4.54. The van der Waals surface area contributed by atoms with E-state index in [4.69, 9.17) is 0 Å². The zero-order valence-corrected chi connectivity index (χ0v) is 7.62. The van der Waals surface area contributed by atoms with E-state index in [0.717, 1.165) is 11.7 Å². The van der Waals surface area contributed by atoms with Gasteiger partial charge in [0.2, 0.25) is 0 Å². The molecule has 12 heavy (non-hydrogen) atoms. The molecule has 1 saturated carbocycles. The monoisotopic (exact) mass is 165 g/mol. The molecular weight excluding hydrogens is 150 g/mol. The maximum atomic E-state index is 4.26. The molecule has 1 heterocycles. The summed E-state index contributed by atoms with van der Waals surface area (Å²) in [4.78, 5) is 0. The van der Waals surface area contributed by atoms with Gasteiger partial charge in [0.05, 0.1) is 0 Å². The minimum absolute atomic E-state index is 0.662. The molecule has 0 bridgehead atoms. The number of nitrogens with zero attached hydrogens (tertiary/aromatic N) is 2. The van der Waals surface area contributed by atoms with Gasteiger partial charge in [0, 0.05) is 25.4 Å². The fourth-order valence-electron chi connectivity index (χ4n) is 1.72. The molecule has 0 saturated heterocycles. The average Bonchev–Trinajstić information content (AvgIpc) is 2.33. The highest BCUT2D eigenvalue weighted by Gasteiger charge is 2.25. The molecule has 0 aromatic carbocycles. The standard InChI is InChI=1S/C9H15N3/c1-7-5-8(6-7)10-9-3-4-12(2)11-9/h3-4,7-8H,5-6H2,1-2H3,(H,10,11). The lowest BCUT2D eigenvalue weighted by atomic mass is 9.82. The number of hydrogen-bond acceptors (Lipinski definition) is 2. The van der Waals surface area contributed by atoms with E-state index in [1.807, 2.05) is 24.0 Å². The third-order valence-electron chi connectivity index (χ3n) is 2.44. The van der Waals surface area contributed by atoms with Crippen LogP contribution in [0.4, 0.5) is 5.82 Å². The molecule has 0 atom stereocenters. The van der Waals surface area contributed by atoms with Crippen LogP contribution in [0.25, 0.3) is 0 Å². The topological polar surface area (TPSA) is 29.9 Å². The highest BCUT2D eigenvalue weighted by atomic mass is 15.3. The van der Waals surface area contributed by atoms with E-state index in [0.29, 0.717) is 6.04 Å². The van der Waals surface area contributed by atoms with Crippen LogP contribution in [0, 0.1) is 5.92 Å². The second-order valence-corrected chi connectivity index (χ2v) is 3.79. The summed E-state index contributed by atoms with van der Waals surface area (Å²) < 4.78 is 1.82. The van der Waals surface area contributed by atoms with Crippen molar-refractivity contribution in [2.75, 3.05) is 5.32 Å². The van der Waals surface area contributed by atoms with Gasteiger partial charge in [-0.3, -0.25) is 4.68 Å². The predicted octanol–water partition coefficient (Wildman–Crippen LogP) is 1.63. The minimum Gasteiger partial charge on any atom is -0.366 e. The molecule has 66 valence electrons. The minimum atomic E-state index is 0.662. The maximum absolute atomic E-state index is 4.26. The predicted molar refractivity (Wildman–Crippen MR) is 49.0 cm³/mol. The van der Waals surface area contributed by atoms with Gasteiger partial charge in [0.25, 0.3) is 0 Å². The number of nitrogens with one attached hydrogen (secondary N) is 1. The molecule has 0 aliphatic heterocycles. The van der Waals surface area contributed by atoms with Crippen LogP contribution >= 0.6 is 0 Å². The summed E-state index contributed by atoms with van der Waals surface area (Å²) in [6.45, 7) is 2.29. The second kappa shape index (κ2) is 2.81. The Kier molecular flexibility index (Phi) is 1.79. The van der Waals surface area contributed by atoms with E-state index in [2.05, 4.69) is 17.3 Å². The Hall–Kier alpha value is -0.990. The molecule has 3 heteroatoms. The van der Waals surface area contributed by atoms with Gasteiger partial charge >= 0.3 is 0 Å². The van der Waals surface area contributed by atoms with Crippen molar-refractivity contribution in [2.24, 2.45) is 13.0 Å². The van der Waals surface area contributed by atoms with Gasteiger partial charge in [-0.15, -0.1) is 0 Å². The second-order valence-electron chi connectivity index (χ2n) is 3.79. The van der Waals surface area contributed by atoms with Crippen LogP contribution in [0.5, 0.6) is 0 Å². The van der Waals surface area contributed by atoms with E-state index in [9.17, 15) is 0 Å². The molecule has 1 aromatic heterocycles. The van der Waals surface area contributed by atoms with Gasteiger partial charge in [-0.05, 0) is 18.8 Å². The normalized spacial score (nSPS) is 28.2. The van der Waals surface area contributed by atoms with Crippen molar-refractivity contribution in [2.45, 2.75) is 25.8 Å². The molecule has 3 nitrogen and oxygen atoms in total. The molecule has 0 spiro atoms. The fourth-order valence-corrected chi connectivity index (χ4v) is 1.72. The number of anilines is 1. The Morgan fingerprint density at radius 2 is 2.33 bits per heavy atom. The van der Waals surface area contributed by atoms with Crippen LogP contribution in [0.15, 0.2) is 12.3 Å². The van der Waals surface area contributed by atoms with Crippen molar-refractivity contribution in [1.82, 2.24) is 9.78 Å². The molecular formula is C9H15N3. The Balaban J connectivity index is 1.88. The van der Waals surface area contributed by atoms with Crippen LogP contribution in [0.1, 0.15) is 19.8 Å². The molecule has 0 amide bonds. The number of aryl methyl sites for hydroxylation is 1. The first kappa shape index (κ1) is 7.65. The van der Waals surface area contributed by atoms with E-state index in [1.54, 1.807) is 0 Å². The lowest BCUT2D eigenvalue weighted by molar-refractivity contribution is 0.308. The van der Waals surface area contributed by atoms with Gasteiger partial charge in [-0.1, -0.05) is 6.92 Å². The van der Waals surface area contributed by atoms with Gasteiger partial charge in [-0.2, -0.15) is 5.10 Å². The Bertz CT molecular complexity index is 260. The van der Waals surface area contributed by atoms with Crippen LogP contribution in [0.2, 0.25) is 0 Å². The summed E-state index contributed by atoms with van der Waals surface area (Å²) >= 11 is 0. The zero-order chi connectivity index (χ0) is 8.55. The Morgan fingerprint density at radius 1 is 1.58 bits per heavy atom. The third kappa shape index (κ3) is 1.44. The summed E-state index contributed by atoms with van der Waals surface area (Å²) in [6, 6.07) is 2.68. The molecule has 1 N–H and O–H groups in total. The van der Waals surface area contributed by atoms with Crippen LogP contribution < -0.4 is 5.32 Å². The van der Waals surface area contributed by atoms with Gasteiger partial charge in [0.15, 0.2) is 0 Å². The zero-order valence-electron chi connectivity index (χ0n) is 7.62. The Labute approximate surface area is 72.8 Å². The number of aromatic nitrogens is 2. The lowest BCUT2D eigenvalue weighted by Gasteiger charge is -2.33. The van der Waals surface area contributed by atoms with Crippen LogP contribution in [0.3, 0.4) is 0 Å².